The number of hydrogen-bond donors (Lipinski definition) is 1. The van der Waals surface area contributed by atoms with Crippen LogP contribution in [0.3, 0.4) is 0 Å². The van der Waals surface area contributed by atoms with Crippen LogP contribution in [0.1, 0.15) is 5.76 Å². The van der Waals surface area contributed by atoms with E-state index in [0.717, 1.165) is 18.2 Å². The number of carbonyl (C=O) groups is 1. The average molecular weight is 333 g/mol. The molecule has 0 saturated heterocycles. The molecule has 6 nitrogen and oxygen atoms in total. The molecule has 1 aromatic carbocycles. The minimum Gasteiger partial charge on any atom is -0.360 e. The average Bonchev–Trinajstić information content (AvgIpc) is 2.77. The maximum absolute atomic E-state index is 13.0. The quantitative estimate of drug-likeness (QED) is 0.867. The Bertz CT molecular complexity index is 788. The van der Waals surface area contributed by atoms with Gasteiger partial charge in [0, 0.05) is 6.07 Å². The molecule has 0 aliphatic heterocycles. The van der Waals surface area contributed by atoms with Crippen LogP contribution in [0.15, 0.2) is 33.7 Å². The van der Waals surface area contributed by atoms with Crippen molar-refractivity contribution in [2.75, 3.05) is 11.1 Å². The molecule has 1 aromatic heterocycles. The van der Waals surface area contributed by atoms with Gasteiger partial charge in [-0.2, -0.15) is 0 Å². The lowest BCUT2D eigenvalue weighted by Gasteiger charge is -2.05. The Hall–Kier alpha value is -1.93. The molecule has 0 unspecified atom stereocenters. The van der Waals surface area contributed by atoms with Crippen LogP contribution in [0.2, 0.25) is 5.02 Å². The molecule has 0 bridgehead atoms. The first-order chi connectivity index (χ1) is 9.78. The molecule has 1 heterocycles. The fourth-order valence-electron chi connectivity index (χ4n) is 1.53. The highest BCUT2D eigenvalue weighted by molar-refractivity contribution is 7.92. The monoisotopic (exact) mass is 332 g/mol. The van der Waals surface area contributed by atoms with Gasteiger partial charge in [-0.05, 0) is 25.1 Å². The number of benzene rings is 1. The Morgan fingerprint density at radius 1 is 1.43 bits per heavy atom. The predicted octanol–water partition coefficient (Wildman–Crippen LogP) is 2.19. The predicted molar refractivity (Wildman–Crippen MR) is 73.3 cm³/mol. The molecule has 1 amide bonds. The Labute approximate surface area is 124 Å². The SMILES string of the molecule is Cc1cc(NC(=O)CS(=O)(=O)c2ccc(F)c(Cl)c2)no1. The fourth-order valence-corrected chi connectivity index (χ4v) is 2.93. The van der Waals surface area contributed by atoms with Gasteiger partial charge in [0.25, 0.3) is 0 Å². The number of rotatable bonds is 4. The van der Waals surface area contributed by atoms with Gasteiger partial charge in [0.15, 0.2) is 15.7 Å². The number of halogens is 2. The van der Waals surface area contributed by atoms with Crippen molar-refractivity contribution in [1.82, 2.24) is 5.16 Å². The van der Waals surface area contributed by atoms with E-state index in [2.05, 4.69) is 10.5 Å². The maximum Gasteiger partial charge on any atom is 0.241 e. The molecule has 0 atom stereocenters. The molecule has 0 fully saturated rings. The maximum atomic E-state index is 13.0. The Morgan fingerprint density at radius 3 is 2.71 bits per heavy atom. The van der Waals surface area contributed by atoms with E-state index in [1.807, 2.05) is 0 Å². The molecule has 0 radical (unpaired) electrons. The normalized spacial score (nSPS) is 11.4. The molecule has 2 rings (SSSR count). The third-order valence-electron chi connectivity index (χ3n) is 2.47. The lowest BCUT2D eigenvalue weighted by atomic mass is 10.3. The second kappa shape index (κ2) is 5.82. The van der Waals surface area contributed by atoms with Crippen molar-refractivity contribution < 1.29 is 22.1 Å². The first-order valence-electron chi connectivity index (χ1n) is 5.69. The number of aryl methyl sites for hydroxylation is 1. The lowest BCUT2D eigenvalue weighted by molar-refractivity contribution is -0.113. The largest absolute Gasteiger partial charge is 0.360 e. The zero-order chi connectivity index (χ0) is 15.6. The standard InChI is InChI=1S/C12H10ClFN2O4S/c1-7-4-11(16-20-7)15-12(17)6-21(18,19)8-2-3-10(14)9(13)5-8/h2-5H,6H2,1H3,(H,15,16,17). The highest BCUT2D eigenvalue weighted by Crippen LogP contribution is 2.20. The molecule has 112 valence electrons. The highest BCUT2D eigenvalue weighted by atomic mass is 35.5. The van der Waals surface area contributed by atoms with Gasteiger partial charge in [-0.15, -0.1) is 0 Å². The Balaban J connectivity index is 2.13. The van der Waals surface area contributed by atoms with E-state index in [-0.39, 0.29) is 15.7 Å². The summed E-state index contributed by atoms with van der Waals surface area (Å²) in [6, 6.07) is 4.37. The molecule has 2 aromatic rings. The summed E-state index contributed by atoms with van der Waals surface area (Å²) in [4.78, 5) is 11.4. The zero-order valence-corrected chi connectivity index (χ0v) is 12.3. The number of aromatic nitrogens is 1. The van der Waals surface area contributed by atoms with Crippen LogP contribution in [0.25, 0.3) is 0 Å². The third-order valence-corrected chi connectivity index (χ3v) is 4.37. The van der Waals surface area contributed by atoms with Gasteiger partial charge in [-0.1, -0.05) is 16.8 Å². The van der Waals surface area contributed by atoms with E-state index in [1.165, 1.54) is 6.07 Å². The smallest absolute Gasteiger partial charge is 0.241 e. The van der Waals surface area contributed by atoms with Gasteiger partial charge in [-0.3, -0.25) is 4.79 Å². The number of carbonyl (C=O) groups excluding carboxylic acids is 1. The van der Waals surface area contributed by atoms with Crippen LogP contribution in [0.5, 0.6) is 0 Å². The van der Waals surface area contributed by atoms with Crippen molar-refractivity contribution in [2.45, 2.75) is 11.8 Å². The summed E-state index contributed by atoms with van der Waals surface area (Å²) >= 11 is 5.53. The summed E-state index contributed by atoms with van der Waals surface area (Å²) in [7, 11) is -3.93. The van der Waals surface area contributed by atoms with Crippen molar-refractivity contribution in [3.05, 3.63) is 40.9 Å². The second-order valence-corrected chi connectivity index (χ2v) is 6.60. The Morgan fingerprint density at radius 2 is 2.14 bits per heavy atom. The first kappa shape index (κ1) is 15.5. The van der Waals surface area contributed by atoms with Crippen molar-refractivity contribution in [3.8, 4) is 0 Å². The summed E-state index contributed by atoms with van der Waals surface area (Å²) in [6.07, 6.45) is 0. The van der Waals surface area contributed by atoms with Gasteiger partial charge in [0.2, 0.25) is 5.91 Å². The lowest BCUT2D eigenvalue weighted by Crippen LogP contribution is -2.23. The van der Waals surface area contributed by atoms with Crippen molar-refractivity contribution in [2.24, 2.45) is 0 Å². The topological polar surface area (TPSA) is 89.3 Å². The molecular weight excluding hydrogens is 323 g/mol. The van der Waals surface area contributed by atoms with Crippen molar-refractivity contribution >= 4 is 33.2 Å². The number of nitrogens with one attached hydrogen (secondary N) is 1. The van der Waals surface area contributed by atoms with E-state index in [9.17, 15) is 17.6 Å². The van der Waals surface area contributed by atoms with Crippen LogP contribution in [0, 0.1) is 12.7 Å². The van der Waals surface area contributed by atoms with Crippen LogP contribution in [0.4, 0.5) is 10.2 Å². The molecule has 0 spiro atoms. The van der Waals surface area contributed by atoms with Crippen LogP contribution >= 0.6 is 11.6 Å². The molecule has 21 heavy (non-hydrogen) atoms. The number of sulfone groups is 1. The van der Waals surface area contributed by atoms with E-state index in [0.29, 0.717) is 5.76 Å². The molecule has 0 aliphatic rings. The van der Waals surface area contributed by atoms with Crippen LogP contribution < -0.4 is 5.32 Å². The zero-order valence-electron chi connectivity index (χ0n) is 10.8. The van der Waals surface area contributed by atoms with Crippen molar-refractivity contribution in [1.29, 1.82) is 0 Å². The minimum absolute atomic E-state index is 0.116. The van der Waals surface area contributed by atoms with E-state index < -0.39 is 27.3 Å². The summed E-state index contributed by atoms with van der Waals surface area (Å²) in [6.45, 7) is 1.62. The fraction of sp³-hybridized carbons (Fsp3) is 0.167. The number of amides is 1. The number of hydrogen-bond acceptors (Lipinski definition) is 5. The first-order valence-corrected chi connectivity index (χ1v) is 7.72. The number of anilines is 1. The van der Waals surface area contributed by atoms with Crippen LogP contribution in [-0.4, -0.2) is 25.2 Å². The second-order valence-electron chi connectivity index (χ2n) is 4.21. The van der Waals surface area contributed by atoms with Gasteiger partial charge < -0.3 is 9.84 Å². The summed E-state index contributed by atoms with van der Waals surface area (Å²) in [5.41, 5.74) is 0. The summed E-state index contributed by atoms with van der Waals surface area (Å²) in [5.74, 6) is -1.76. The van der Waals surface area contributed by atoms with E-state index >= 15 is 0 Å². The highest BCUT2D eigenvalue weighted by Gasteiger charge is 2.21. The molecule has 0 aliphatic carbocycles. The minimum atomic E-state index is -3.93. The summed E-state index contributed by atoms with van der Waals surface area (Å²) in [5, 5.41) is 5.47. The van der Waals surface area contributed by atoms with Gasteiger partial charge >= 0.3 is 0 Å². The van der Waals surface area contributed by atoms with E-state index in [1.54, 1.807) is 6.92 Å². The molecule has 9 heteroatoms. The Kier molecular flexibility index (Phi) is 4.29. The van der Waals surface area contributed by atoms with Gasteiger partial charge in [-0.25, -0.2) is 12.8 Å². The number of nitrogens with zero attached hydrogens (tertiary/aromatic N) is 1. The van der Waals surface area contributed by atoms with Crippen molar-refractivity contribution in [3.63, 3.8) is 0 Å². The van der Waals surface area contributed by atoms with Crippen LogP contribution in [-0.2, 0) is 14.6 Å². The summed E-state index contributed by atoms with van der Waals surface area (Å²) < 4.78 is 41.8. The molecule has 0 saturated carbocycles. The molecular formula is C12H10ClFN2O4S. The van der Waals surface area contributed by atoms with Gasteiger partial charge in [0.05, 0.1) is 9.92 Å². The third kappa shape index (κ3) is 3.79. The van der Waals surface area contributed by atoms with E-state index in [4.69, 9.17) is 16.1 Å². The molecule has 1 N–H and O–H groups in total. The van der Waals surface area contributed by atoms with Gasteiger partial charge in [0.1, 0.15) is 17.3 Å².